The van der Waals surface area contributed by atoms with Gasteiger partial charge < -0.3 is 15.6 Å². The first-order valence-corrected chi connectivity index (χ1v) is 7.50. The van der Waals surface area contributed by atoms with Crippen molar-refractivity contribution in [2.45, 2.75) is 45.1 Å². The van der Waals surface area contributed by atoms with Crippen LogP contribution in [0.3, 0.4) is 0 Å². The Morgan fingerprint density at radius 3 is 2.65 bits per heavy atom. The van der Waals surface area contributed by atoms with E-state index in [4.69, 9.17) is 5.84 Å². The van der Waals surface area contributed by atoms with E-state index < -0.39 is 0 Å². The van der Waals surface area contributed by atoms with Gasteiger partial charge in [0, 0.05) is 24.7 Å². The molecule has 20 heavy (non-hydrogen) atoms. The molecule has 112 valence electrons. The highest BCUT2D eigenvalue weighted by atomic mass is 15.3. The van der Waals surface area contributed by atoms with Crippen LogP contribution in [-0.2, 0) is 6.42 Å². The highest BCUT2D eigenvalue weighted by Crippen LogP contribution is 2.22. The molecule has 0 amide bonds. The van der Waals surface area contributed by atoms with E-state index in [9.17, 15) is 0 Å². The van der Waals surface area contributed by atoms with E-state index in [2.05, 4.69) is 39.6 Å². The number of likely N-dealkylation sites (N-methyl/N-ethyl adjacent to an activating group) is 1. The van der Waals surface area contributed by atoms with Gasteiger partial charge in [0.2, 0.25) is 0 Å². The molecule has 1 aliphatic rings. The van der Waals surface area contributed by atoms with Gasteiger partial charge in [-0.25, -0.2) is 15.8 Å². The molecule has 6 nitrogen and oxygen atoms in total. The predicted molar refractivity (Wildman–Crippen MR) is 82.6 cm³/mol. The van der Waals surface area contributed by atoms with E-state index in [0.29, 0.717) is 5.82 Å². The zero-order valence-electron chi connectivity index (χ0n) is 12.5. The first kappa shape index (κ1) is 15.0. The van der Waals surface area contributed by atoms with Crippen LogP contribution >= 0.6 is 0 Å². The largest absolute Gasteiger partial charge is 0.368 e. The van der Waals surface area contributed by atoms with Gasteiger partial charge in [-0.05, 0) is 26.3 Å². The fraction of sp³-hybridized carbons (Fsp3) is 0.714. The number of aromatic nitrogens is 2. The average Bonchev–Trinajstić information content (AvgIpc) is 3.01. The van der Waals surface area contributed by atoms with Crippen molar-refractivity contribution in [1.82, 2.24) is 14.9 Å². The number of hydrogen-bond acceptors (Lipinski definition) is 6. The fourth-order valence-corrected chi connectivity index (χ4v) is 2.90. The van der Waals surface area contributed by atoms with Crippen LogP contribution in [0.25, 0.3) is 0 Å². The first-order chi connectivity index (χ1) is 9.76. The molecule has 1 heterocycles. The van der Waals surface area contributed by atoms with E-state index in [1.807, 2.05) is 0 Å². The van der Waals surface area contributed by atoms with Crippen molar-refractivity contribution in [1.29, 1.82) is 0 Å². The zero-order valence-corrected chi connectivity index (χ0v) is 12.5. The van der Waals surface area contributed by atoms with Crippen molar-refractivity contribution < 1.29 is 0 Å². The molecule has 1 saturated carbocycles. The zero-order chi connectivity index (χ0) is 14.4. The summed E-state index contributed by atoms with van der Waals surface area (Å²) in [5, 5.41) is 3.40. The number of nitrogens with two attached hydrogens (primary N) is 1. The number of nitrogens with zero attached hydrogens (tertiary/aromatic N) is 3. The predicted octanol–water partition coefficient (Wildman–Crippen LogP) is 1.61. The van der Waals surface area contributed by atoms with Gasteiger partial charge in [-0.2, -0.15) is 0 Å². The second-order valence-electron chi connectivity index (χ2n) is 5.39. The van der Waals surface area contributed by atoms with Crippen LogP contribution in [0.15, 0.2) is 6.33 Å². The Hall–Kier alpha value is -1.40. The van der Waals surface area contributed by atoms with Crippen molar-refractivity contribution in [2.24, 2.45) is 5.84 Å². The van der Waals surface area contributed by atoms with Crippen LogP contribution in [0, 0.1) is 0 Å². The van der Waals surface area contributed by atoms with E-state index >= 15 is 0 Å². The lowest BCUT2D eigenvalue weighted by Crippen LogP contribution is -2.33. The van der Waals surface area contributed by atoms with Crippen LogP contribution in [0.1, 0.15) is 38.2 Å². The van der Waals surface area contributed by atoms with Gasteiger partial charge in [0.05, 0.1) is 0 Å². The van der Waals surface area contributed by atoms with E-state index in [1.54, 1.807) is 0 Å². The maximum atomic E-state index is 5.48. The molecule has 0 aliphatic heterocycles. The summed E-state index contributed by atoms with van der Waals surface area (Å²) in [4.78, 5) is 10.9. The molecule has 0 atom stereocenters. The highest BCUT2D eigenvalue weighted by Gasteiger charge is 2.19. The van der Waals surface area contributed by atoms with Gasteiger partial charge in [0.1, 0.15) is 18.0 Å². The van der Waals surface area contributed by atoms with Gasteiger partial charge in [-0.3, -0.25) is 0 Å². The quantitative estimate of drug-likeness (QED) is 0.519. The molecule has 6 heteroatoms. The minimum absolute atomic E-state index is 0.703. The molecular weight excluding hydrogens is 252 g/mol. The molecule has 1 aromatic rings. The van der Waals surface area contributed by atoms with Crippen molar-refractivity contribution in [2.75, 3.05) is 30.9 Å². The molecule has 0 unspecified atom stereocenters. The number of hydrazine groups is 1. The Labute approximate surface area is 121 Å². The third-order valence-corrected chi connectivity index (χ3v) is 4.14. The summed E-state index contributed by atoms with van der Waals surface area (Å²) in [6, 6.07) is 0.758. The Kier molecular flexibility index (Phi) is 5.55. The summed E-state index contributed by atoms with van der Waals surface area (Å²) in [5.74, 6) is 7.07. The number of hydrogen-bond donors (Lipinski definition) is 3. The fourth-order valence-electron chi connectivity index (χ4n) is 2.90. The van der Waals surface area contributed by atoms with Gasteiger partial charge in [-0.1, -0.05) is 19.8 Å². The van der Waals surface area contributed by atoms with Gasteiger partial charge in [-0.15, -0.1) is 0 Å². The van der Waals surface area contributed by atoms with Crippen molar-refractivity contribution in [3.8, 4) is 0 Å². The van der Waals surface area contributed by atoms with Crippen molar-refractivity contribution in [3.05, 3.63) is 11.9 Å². The summed E-state index contributed by atoms with van der Waals surface area (Å²) in [7, 11) is 2.21. The van der Waals surface area contributed by atoms with Crippen molar-refractivity contribution >= 4 is 11.6 Å². The monoisotopic (exact) mass is 278 g/mol. The van der Waals surface area contributed by atoms with Crippen LogP contribution in [0.4, 0.5) is 11.6 Å². The summed E-state index contributed by atoms with van der Waals surface area (Å²) in [6.45, 7) is 4.00. The lowest BCUT2D eigenvalue weighted by atomic mass is 10.2. The maximum absolute atomic E-state index is 5.48. The molecule has 1 aliphatic carbocycles. The van der Waals surface area contributed by atoms with Crippen LogP contribution in [0.2, 0.25) is 0 Å². The molecule has 0 bridgehead atoms. The standard InChI is InChI=1S/C14H26N6/c1-3-12-13(17-10-18-14(12)19-15)16-8-9-20(2)11-6-4-5-7-11/h10-11H,3-9,15H2,1-2H3,(H2,16,17,18,19). The minimum Gasteiger partial charge on any atom is -0.368 e. The highest BCUT2D eigenvalue weighted by molar-refractivity contribution is 5.56. The number of anilines is 2. The second-order valence-corrected chi connectivity index (χ2v) is 5.39. The molecule has 1 aromatic heterocycles. The summed E-state index contributed by atoms with van der Waals surface area (Å²) in [6.07, 6.45) is 7.81. The Morgan fingerprint density at radius 2 is 2.00 bits per heavy atom. The van der Waals surface area contributed by atoms with Gasteiger partial charge in [0.25, 0.3) is 0 Å². The van der Waals surface area contributed by atoms with E-state index in [0.717, 1.165) is 36.9 Å². The molecule has 0 radical (unpaired) electrons. The summed E-state index contributed by atoms with van der Waals surface area (Å²) in [5.41, 5.74) is 3.67. The third-order valence-electron chi connectivity index (χ3n) is 4.14. The number of nitrogens with one attached hydrogen (secondary N) is 2. The number of rotatable bonds is 7. The average molecular weight is 278 g/mol. The van der Waals surface area contributed by atoms with Gasteiger partial charge in [0.15, 0.2) is 0 Å². The van der Waals surface area contributed by atoms with Gasteiger partial charge >= 0.3 is 0 Å². The third kappa shape index (κ3) is 3.58. The molecule has 0 saturated heterocycles. The SMILES string of the molecule is CCc1c(NN)ncnc1NCCN(C)C1CCCC1. The van der Waals surface area contributed by atoms with Crippen molar-refractivity contribution in [3.63, 3.8) is 0 Å². The summed E-state index contributed by atoms with van der Waals surface area (Å²) < 4.78 is 0. The minimum atomic E-state index is 0.703. The molecule has 2 rings (SSSR count). The normalized spacial score (nSPS) is 15.8. The van der Waals surface area contributed by atoms with Crippen LogP contribution in [0.5, 0.6) is 0 Å². The molecule has 0 spiro atoms. The smallest absolute Gasteiger partial charge is 0.148 e. The van der Waals surface area contributed by atoms with Crippen LogP contribution < -0.4 is 16.6 Å². The summed E-state index contributed by atoms with van der Waals surface area (Å²) >= 11 is 0. The number of nitrogen functional groups attached to an aromatic ring is 1. The topological polar surface area (TPSA) is 79.1 Å². The lowest BCUT2D eigenvalue weighted by molar-refractivity contribution is 0.254. The Bertz CT molecular complexity index is 416. The molecular formula is C14H26N6. The Balaban J connectivity index is 1.87. The van der Waals surface area contributed by atoms with E-state index in [1.165, 1.54) is 32.0 Å². The van der Waals surface area contributed by atoms with E-state index in [-0.39, 0.29) is 0 Å². The maximum Gasteiger partial charge on any atom is 0.148 e. The first-order valence-electron chi connectivity index (χ1n) is 7.50. The molecule has 1 fully saturated rings. The molecule has 0 aromatic carbocycles. The Morgan fingerprint density at radius 1 is 1.30 bits per heavy atom. The molecule has 4 N–H and O–H groups in total. The lowest BCUT2D eigenvalue weighted by Gasteiger charge is -2.24. The second kappa shape index (κ2) is 7.40. The van der Waals surface area contributed by atoms with Crippen LogP contribution in [-0.4, -0.2) is 41.0 Å².